The maximum atomic E-state index is 13.4. The number of ether oxygens (including phenoxy) is 2. The highest BCUT2D eigenvalue weighted by Crippen LogP contribution is 2.42. The van der Waals surface area contributed by atoms with Crippen molar-refractivity contribution in [1.29, 1.82) is 0 Å². The van der Waals surface area contributed by atoms with Crippen molar-refractivity contribution in [1.82, 2.24) is 25.9 Å². The SMILES string of the molecule is NCCCCC(NC(=O)C(Cc1cnc[nH]1)NC(=O)C(CCCCN)NC(=O)CCC(=O)OCC(O)C1OC(=O)C(OP(=O)(O)O)=C1O)C(=O)O. The van der Waals surface area contributed by atoms with Crippen molar-refractivity contribution < 1.29 is 72.4 Å². The van der Waals surface area contributed by atoms with Gasteiger partial charge in [0.2, 0.25) is 17.7 Å². The number of aromatic amines is 1. The van der Waals surface area contributed by atoms with E-state index in [1.165, 1.54) is 12.5 Å². The van der Waals surface area contributed by atoms with Gasteiger partial charge in [-0.2, -0.15) is 0 Å². The predicted octanol–water partition coefficient (Wildman–Crippen LogP) is -2.76. The standard InChI is InChI=1S/C28H44N7O15P/c29-9-3-1-5-16(25(40)35-18(11-15-12-31-14-32-15)26(41)34-17(27(42)43)6-2-4-10-30)33-20(37)7-8-21(38)48-13-19(36)23-22(39)24(28(44)49-23)50-51(45,46)47/h12,14,16-19,23,36,39H,1-11,13,29-30H2,(H,31,32)(H,33,37)(H,34,41)(H,35,40)(H,42,43)(H2,45,46,47). The van der Waals surface area contributed by atoms with E-state index in [2.05, 4.69) is 35.2 Å². The minimum atomic E-state index is -5.26. The van der Waals surface area contributed by atoms with Crippen molar-refractivity contribution in [3.63, 3.8) is 0 Å². The molecule has 0 aromatic carbocycles. The third-order valence-corrected chi connectivity index (χ3v) is 7.64. The lowest BCUT2D eigenvalue weighted by molar-refractivity contribution is -0.155. The van der Waals surface area contributed by atoms with E-state index in [0.29, 0.717) is 37.9 Å². The maximum Gasteiger partial charge on any atom is 0.525 e. The zero-order valence-electron chi connectivity index (χ0n) is 27.4. The van der Waals surface area contributed by atoms with Gasteiger partial charge in [0.25, 0.3) is 5.76 Å². The Labute approximate surface area is 290 Å². The average molecular weight is 750 g/mol. The molecule has 3 amide bonds. The summed E-state index contributed by atoms with van der Waals surface area (Å²) in [5.41, 5.74) is 11.5. The number of cyclic esters (lactones) is 1. The van der Waals surface area contributed by atoms with Crippen molar-refractivity contribution in [3.05, 3.63) is 29.7 Å². The highest BCUT2D eigenvalue weighted by Gasteiger charge is 2.43. The summed E-state index contributed by atoms with van der Waals surface area (Å²) >= 11 is 0. The molecule has 0 aliphatic carbocycles. The first-order chi connectivity index (χ1) is 24.1. The van der Waals surface area contributed by atoms with Crippen LogP contribution in [0.15, 0.2) is 24.0 Å². The van der Waals surface area contributed by atoms with E-state index >= 15 is 0 Å². The molecule has 5 unspecified atom stereocenters. The number of rotatable bonds is 24. The number of carboxylic acids is 1. The van der Waals surface area contributed by atoms with E-state index < -0.39 is 105 Å². The Morgan fingerprint density at radius 3 is 2.14 bits per heavy atom. The molecule has 2 heterocycles. The smallest absolute Gasteiger partial charge is 0.505 e. The molecule has 1 aromatic rings. The van der Waals surface area contributed by atoms with Gasteiger partial charge in [0.15, 0.2) is 11.9 Å². The number of esters is 2. The Kier molecular flexibility index (Phi) is 17.5. The van der Waals surface area contributed by atoms with Crippen LogP contribution in [0, 0.1) is 0 Å². The fourth-order valence-corrected chi connectivity index (χ4v) is 5.03. The van der Waals surface area contributed by atoms with Gasteiger partial charge >= 0.3 is 25.7 Å². The summed E-state index contributed by atoms with van der Waals surface area (Å²) in [4.78, 5) is 99.6. The minimum absolute atomic E-state index is 0.0888. The van der Waals surface area contributed by atoms with E-state index in [1.807, 2.05) is 0 Å². The fraction of sp³-hybridized carbons (Fsp3) is 0.607. The normalized spacial score (nSPS) is 16.7. The molecule has 23 heteroatoms. The topological polar surface area (TPSA) is 365 Å². The van der Waals surface area contributed by atoms with Gasteiger partial charge in [-0.3, -0.25) is 29.0 Å². The van der Waals surface area contributed by atoms with E-state index in [-0.39, 0.29) is 25.8 Å². The van der Waals surface area contributed by atoms with Crippen molar-refractivity contribution in [2.24, 2.45) is 11.5 Å². The Bertz CT molecular complexity index is 1440. The van der Waals surface area contributed by atoms with Crippen molar-refractivity contribution in [2.45, 2.75) is 88.1 Å². The molecule has 1 aromatic heterocycles. The summed E-state index contributed by atoms with van der Waals surface area (Å²) in [6, 6.07) is -3.73. The predicted molar refractivity (Wildman–Crippen MR) is 170 cm³/mol. The van der Waals surface area contributed by atoms with Gasteiger partial charge in [-0.05, 0) is 51.6 Å². The quantitative estimate of drug-likeness (QED) is 0.0289. The van der Waals surface area contributed by atoms with Crippen molar-refractivity contribution in [3.8, 4) is 0 Å². The number of nitrogens with one attached hydrogen (secondary N) is 4. The third kappa shape index (κ3) is 15.0. The molecule has 1 aliphatic rings. The van der Waals surface area contributed by atoms with E-state index in [0.717, 1.165) is 0 Å². The molecule has 13 N–H and O–H groups in total. The monoisotopic (exact) mass is 749 g/mol. The molecule has 0 bridgehead atoms. The van der Waals surface area contributed by atoms with Gasteiger partial charge in [0, 0.05) is 24.7 Å². The number of aliphatic hydroxyl groups is 2. The lowest BCUT2D eigenvalue weighted by atomic mass is 10.0. The number of imidazole rings is 1. The zero-order chi connectivity index (χ0) is 38.1. The van der Waals surface area contributed by atoms with Gasteiger partial charge < -0.3 is 61.7 Å². The van der Waals surface area contributed by atoms with Crippen LogP contribution in [0.2, 0.25) is 0 Å². The van der Waals surface area contributed by atoms with Crippen LogP contribution < -0.4 is 27.4 Å². The maximum absolute atomic E-state index is 13.4. The Morgan fingerprint density at radius 1 is 0.961 bits per heavy atom. The number of amides is 3. The number of aliphatic hydroxyl groups excluding tert-OH is 2. The molecule has 0 saturated carbocycles. The van der Waals surface area contributed by atoms with Crippen LogP contribution in [-0.4, -0.2) is 121 Å². The summed E-state index contributed by atoms with van der Waals surface area (Å²) in [5, 5.41) is 37.2. The van der Waals surface area contributed by atoms with Crippen LogP contribution in [0.5, 0.6) is 0 Å². The first-order valence-corrected chi connectivity index (χ1v) is 17.3. The van der Waals surface area contributed by atoms with Crippen LogP contribution in [0.1, 0.15) is 57.1 Å². The molecule has 0 radical (unpaired) electrons. The number of carboxylic acid groups (broad SMARTS) is 1. The van der Waals surface area contributed by atoms with Crippen molar-refractivity contribution >= 4 is 43.5 Å². The largest absolute Gasteiger partial charge is 0.525 e. The van der Waals surface area contributed by atoms with Crippen LogP contribution in [0.25, 0.3) is 0 Å². The summed E-state index contributed by atoms with van der Waals surface area (Å²) in [6.07, 6.45) is -0.0911. The molecule has 5 atom stereocenters. The number of phosphoric acid groups is 1. The molecule has 1 aliphatic heterocycles. The fourth-order valence-electron chi connectivity index (χ4n) is 4.62. The number of phosphoric ester groups is 1. The number of aromatic nitrogens is 2. The number of H-pyrrole nitrogens is 1. The molecule has 286 valence electrons. The van der Waals surface area contributed by atoms with E-state index in [1.54, 1.807) is 0 Å². The molecule has 0 fully saturated rings. The number of nitrogens with two attached hydrogens (primary N) is 2. The van der Waals surface area contributed by atoms with E-state index in [9.17, 15) is 48.7 Å². The number of hydrogen-bond acceptors (Lipinski definition) is 15. The number of carbonyl (C=O) groups excluding carboxylic acids is 5. The van der Waals surface area contributed by atoms with Gasteiger partial charge in [0.05, 0.1) is 12.7 Å². The summed E-state index contributed by atoms with van der Waals surface area (Å²) in [7, 11) is -5.26. The van der Waals surface area contributed by atoms with Crippen LogP contribution in [0.4, 0.5) is 0 Å². The summed E-state index contributed by atoms with van der Waals surface area (Å²) in [5.74, 6) is -8.49. The number of unbranched alkanes of at least 4 members (excludes halogenated alkanes) is 2. The van der Waals surface area contributed by atoms with Crippen molar-refractivity contribution in [2.75, 3.05) is 19.7 Å². The van der Waals surface area contributed by atoms with Crippen LogP contribution >= 0.6 is 7.82 Å². The summed E-state index contributed by atoms with van der Waals surface area (Å²) in [6.45, 7) is -0.242. The number of hydrogen-bond donors (Lipinski definition) is 11. The molecule has 2 rings (SSSR count). The van der Waals surface area contributed by atoms with Gasteiger partial charge in [0.1, 0.15) is 30.8 Å². The molecule has 22 nitrogen and oxygen atoms in total. The van der Waals surface area contributed by atoms with Gasteiger partial charge in [-0.15, -0.1) is 0 Å². The highest BCUT2D eigenvalue weighted by molar-refractivity contribution is 7.46. The van der Waals surface area contributed by atoms with Gasteiger partial charge in [-0.25, -0.2) is 19.1 Å². The molecular weight excluding hydrogens is 705 g/mol. The molecule has 0 spiro atoms. The highest BCUT2D eigenvalue weighted by atomic mass is 31.2. The van der Waals surface area contributed by atoms with Crippen LogP contribution in [0.3, 0.4) is 0 Å². The first kappa shape index (κ1) is 42.6. The third-order valence-electron chi connectivity index (χ3n) is 7.22. The second-order valence-electron chi connectivity index (χ2n) is 11.3. The van der Waals surface area contributed by atoms with Gasteiger partial charge in [-0.1, -0.05) is 0 Å². The molecule has 51 heavy (non-hydrogen) atoms. The second-order valence-corrected chi connectivity index (χ2v) is 12.5. The Balaban J connectivity index is 2.02. The molecule has 0 saturated heterocycles. The first-order valence-electron chi connectivity index (χ1n) is 15.8. The number of carbonyl (C=O) groups is 6. The lowest BCUT2D eigenvalue weighted by Crippen LogP contribution is -2.56. The van der Waals surface area contributed by atoms with Crippen LogP contribution in [-0.2, 0) is 53.8 Å². The van der Waals surface area contributed by atoms with E-state index in [4.69, 9.17) is 26.0 Å². The average Bonchev–Trinajstić information content (AvgIpc) is 3.68. The minimum Gasteiger partial charge on any atom is -0.505 e. The zero-order valence-corrected chi connectivity index (χ0v) is 28.3. The molecular formula is C28H44N7O15P. The Morgan fingerprint density at radius 2 is 1.57 bits per heavy atom. The second kappa shape index (κ2) is 20.9. The lowest BCUT2D eigenvalue weighted by Gasteiger charge is -2.24. The Hall–Kier alpha value is -4.60. The number of nitrogens with zero attached hydrogens (tertiary/aromatic N) is 1. The number of aliphatic carboxylic acids is 1. The summed E-state index contributed by atoms with van der Waals surface area (Å²) < 4.78 is 24.5.